The van der Waals surface area contributed by atoms with Crippen LogP contribution in [-0.2, 0) is 22.5 Å². The lowest BCUT2D eigenvalue weighted by atomic mass is 9.87. The lowest BCUT2D eigenvalue weighted by molar-refractivity contribution is -0.119. The maximum absolute atomic E-state index is 10.9. The van der Waals surface area contributed by atoms with E-state index in [2.05, 4.69) is 66.7 Å². The van der Waals surface area contributed by atoms with Gasteiger partial charge >= 0.3 is 0 Å². The molecule has 0 radical (unpaired) electrons. The normalized spacial score (nSPS) is 11.5. The summed E-state index contributed by atoms with van der Waals surface area (Å²) in [7, 11) is 0. The van der Waals surface area contributed by atoms with Crippen LogP contribution in [0.1, 0.15) is 38.8 Å². The van der Waals surface area contributed by atoms with Crippen molar-refractivity contribution in [1.82, 2.24) is 14.8 Å². The molecule has 0 saturated heterocycles. The number of thioether (sulfide) groups is 1. The number of hydrogen-bond acceptors (Lipinski definition) is 5. The predicted molar refractivity (Wildman–Crippen MR) is 121 cm³/mol. The van der Waals surface area contributed by atoms with Crippen LogP contribution in [0.3, 0.4) is 0 Å². The fourth-order valence-electron chi connectivity index (χ4n) is 3.04. The van der Waals surface area contributed by atoms with Crippen LogP contribution in [0.5, 0.6) is 5.75 Å². The Morgan fingerprint density at radius 3 is 2.50 bits per heavy atom. The number of primary amides is 1. The average Bonchev–Trinajstić information content (AvgIpc) is 3.13. The number of nitrogens with two attached hydrogens (primary N) is 1. The number of aromatic nitrogens is 3. The van der Waals surface area contributed by atoms with Crippen LogP contribution in [0.4, 0.5) is 0 Å². The van der Waals surface area contributed by atoms with Gasteiger partial charge in [0, 0.05) is 17.9 Å². The van der Waals surface area contributed by atoms with Gasteiger partial charge < -0.3 is 15.0 Å². The molecule has 0 saturated carbocycles. The standard InChI is InChI=1S/C23H28N4O2S/c1-5-27-21(17-9-11-18(12-10-17)23(2,3)4)25-26-22(27)30-15-16-7-6-8-19(13-16)29-14-20(24)28/h6-13H,5,14-15H2,1-4H3,(H2,24,28). The second kappa shape index (κ2) is 9.34. The first-order chi connectivity index (χ1) is 14.3. The smallest absolute Gasteiger partial charge is 0.255 e. The third kappa shape index (κ3) is 5.42. The Labute approximate surface area is 181 Å². The highest BCUT2D eigenvalue weighted by Gasteiger charge is 2.16. The van der Waals surface area contributed by atoms with Crippen molar-refractivity contribution in [3.63, 3.8) is 0 Å². The van der Waals surface area contributed by atoms with Crippen LogP contribution >= 0.6 is 11.8 Å². The van der Waals surface area contributed by atoms with Gasteiger partial charge in [0.25, 0.3) is 5.91 Å². The van der Waals surface area contributed by atoms with Crippen molar-refractivity contribution < 1.29 is 9.53 Å². The van der Waals surface area contributed by atoms with E-state index in [1.807, 2.05) is 24.3 Å². The Hall–Kier alpha value is -2.80. The number of rotatable bonds is 8. The zero-order valence-corrected chi connectivity index (χ0v) is 18.7. The molecule has 0 atom stereocenters. The minimum atomic E-state index is -0.492. The molecule has 2 N–H and O–H groups in total. The van der Waals surface area contributed by atoms with Crippen LogP contribution in [0.2, 0.25) is 0 Å². The lowest BCUT2D eigenvalue weighted by Gasteiger charge is -2.19. The molecular weight excluding hydrogens is 396 g/mol. The van der Waals surface area contributed by atoms with E-state index in [1.165, 1.54) is 5.56 Å². The second-order valence-electron chi connectivity index (χ2n) is 8.07. The van der Waals surface area contributed by atoms with Crippen molar-refractivity contribution in [1.29, 1.82) is 0 Å². The van der Waals surface area contributed by atoms with E-state index in [0.29, 0.717) is 5.75 Å². The topological polar surface area (TPSA) is 83.0 Å². The van der Waals surface area contributed by atoms with Crippen molar-refractivity contribution >= 4 is 17.7 Å². The molecule has 2 aromatic carbocycles. The molecule has 0 fully saturated rings. The zero-order chi connectivity index (χ0) is 21.7. The number of nitrogens with zero attached hydrogens (tertiary/aromatic N) is 3. The van der Waals surface area contributed by atoms with Crippen molar-refractivity contribution in [2.75, 3.05) is 6.61 Å². The third-order valence-corrected chi connectivity index (χ3v) is 5.73. The van der Waals surface area contributed by atoms with Gasteiger partial charge in [-0.1, -0.05) is 68.9 Å². The van der Waals surface area contributed by atoms with Crippen molar-refractivity contribution in [2.45, 2.75) is 50.6 Å². The van der Waals surface area contributed by atoms with E-state index in [0.717, 1.165) is 34.4 Å². The van der Waals surface area contributed by atoms with Gasteiger partial charge in [0.2, 0.25) is 0 Å². The Kier molecular flexibility index (Phi) is 6.82. The fourth-order valence-corrected chi connectivity index (χ4v) is 3.99. The Morgan fingerprint density at radius 2 is 1.87 bits per heavy atom. The molecule has 0 aliphatic rings. The zero-order valence-electron chi connectivity index (χ0n) is 17.9. The molecule has 3 rings (SSSR count). The quantitative estimate of drug-likeness (QED) is 0.541. The number of amides is 1. The van der Waals surface area contributed by atoms with Crippen LogP contribution in [-0.4, -0.2) is 27.3 Å². The molecule has 0 spiro atoms. The van der Waals surface area contributed by atoms with E-state index in [4.69, 9.17) is 10.5 Å². The van der Waals surface area contributed by atoms with Crippen LogP contribution in [0.25, 0.3) is 11.4 Å². The first-order valence-corrected chi connectivity index (χ1v) is 10.9. The highest BCUT2D eigenvalue weighted by atomic mass is 32.2. The minimum absolute atomic E-state index is 0.119. The summed E-state index contributed by atoms with van der Waals surface area (Å²) in [6.45, 7) is 9.38. The average molecular weight is 425 g/mol. The maximum Gasteiger partial charge on any atom is 0.255 e. The monoisotopic (exact) mass is 424 g/mol. The highest BCUT2D eigenvalue weighted by Crippen LogP contribution is 2.29. The molecule has 3 aromatic rings. The van der Waals surface area contributed by atoms with Crippen molar-refractivity contribution in [2.24, 2.45) is 5.73 Å². The largest absolute Gasteiger partial charge is 0.484 e. The van der Waals surface area contributed by atoms with Gasteiger partial charge in [-0.3, -0.25) is 4.79 Å². The predicted octanol–water partition coefficient (Wildman–Crippen LogP) is 4.42. The summed E-state index contributed by atoms with van der Waals surface area (Å²) in [6.07, 6.45) is 0. The van der Waals surface area contributed by atoms with Gasteiger partial charge in [-0.2, -0.15) is 0 Å². The summed E-state index contributed by atoms with van der Waals surface area (Å²) >= 11 is 1.62. The third-order valence-electron chi connectivity index (χ3n) is 4.69. The number of carbonyl (C=O) groups excluding carboxylic acids is 1. The molecule has 30 heavy (non-hydrogen) atoms. The lowest BCUT2D eigenvalue weighted by Crippen LogP contribution is -2.20. The van der Waals surface area contributed by atoms with Gasteiger partial charge in [-0.25, -0.2) is 0 Å². The molecule has 0 aliphatic carbocycles. The van der Waals surface area contributed by atoms with E-state index in [-0.39, 0.29) is 12.0 Å². The summed E-state index contributed by atoms with van der Waals surface area (Å²) in [4.78, 5) is 10.9. The van der Waals surface area contributed by atoms with Gasteiger partial charge in [0.05, 0.1) is 0 Å². The van der Waals surface area contributed by atoms with Crippen LogP contribution < -0.4 is 10.5 Å². The molecule has 6 nitrogen and oxygen atoms in total. The number of carbonyl (C=O) groups is 1. The summed E-state index contributed by atoms with van der Waals surface area (Å²) in [6, 6.07) is 16.2. The molecule has 0 unspecified atom stereocenters. The molecule has 1 aromatic heterocycles. The van der Waals surface area contributed by atoms with E-state index < -0.39 is 5.91 Å². The van der Waals surface area contributed by atoms with Crippen LogP contribution in [0, 0.1) is 0 Å². The van der Waals surface area contributed by atoms with E-state index >= 15 is 0 Å². The Bertz CT molecular complexity index is 1010. The minimum Gasteiger partial charge on any atom is -0.484 e. The van der Waals surface area contributed by atoms with Crippen LogP contribution in [0.15, 0.2) is 53.7 Å². The molecule has 0 bridgehead atoms. The van der Waals surface area contributed by atoms with Gasteiger partial charge in [0.1, 0.15) is 5.75 Å². The molecule has 0 aliphatic heterocycles. The van der Waals surface area contributed by atoms with Gasteiger partial charge in [-0.05, 0) is 35.6 Å². The number of ether oxygens (including phenoxy) is 1. The Morgan fingerprint density at radius 1 is 1.13 bits per heavy atom. The molecule has 1 heterocycles. The van der Waals surface area contributed by atoms with Crippen molar-refractivity contribution in [3.05, 3.63) is 59.7 Å². The molecule has 158 valence electrons. The summed E-state index contributed by atoms with van der Waals surface area (Å²) in [5.74, 6) is 1.73. The summed E-state index contributed by atoms with van der Waals surface area (Å²) < 4.78 is 7.51. The summed E-state index contributed by atoms with van der Waals surface area (Å²) in [5, 5.41) is 9.73. The summed E-state index contributed by atoms with van der Waals surface area (Å²) in [5.41, 5.74) is 8.68. The first kappa shape index (κ1) is 21.9. The molecule has 1 amide bonds. The fraction of sp³-hybridized carbons (Fsp3) is 0.348. The molecular formula is C23H28N4O2S. The van der Waals surface area contributed by atoms with Gasteiger partial charge in [0.15, 0.2) is 17.6 Å². The first-order valence-electron chi connectivity index (χ1n) is 9.95. The highest BCUT2D eigenvalue weighted by molar-refractivity contribution is 7.98. The van der Waals surface area contributed by atoms with E-state index in [9.17, 15) is 4.79 Å². The number of benzene rings is 2. The Balaban J connectivity index is 1.73. The SMILES string of the molecule is CCn1c(SCc2cccc(OCC(N)=O)c2)nnc1-c1ccc(C(C)(C)C)cc1. The van der Waals surface area contributed by atoms with Crippen molar-refractivity contribution in [3.8, 4) is 17.1 Å². The number of hydrogen-bond donors (Lipinski definition) is 1. The van der Waals surface area contributed by atoms with Gasteiger partial charge in [-0.15, -0.1) is 10.2 Å². The maximum atomic E-state index is 10.9. The molecule has 7 heteroatoms. The van der Waals surface area contributed by atoms with E-state index in [1.54, 1.807) is 11.8 Å². The second-order valence-corrected chi connectivity index (χ2v) is 9.01.